The number of piperidine rings is 1. The standard InChI is InChI=1S/C18H28N2O2/c1-4-22-17-7-5-15(10-16(17)19)6-8-18(21)20-11-13(2)9-14(3)12-20/h5,7,10,13-14H,4,6,8-9,11-12,19H2,1-3H3. The number of hydrogen-bond acceptors (Lipinski definition) is 3. The fraction of sp³-hybridized carbons (Fsp3) is 0.611. The molecule has 0 spiro atoms. The summed E-state index contributed by atoms with van der Waals surface area (Å²) in [5.74, 6) is 2.18. The van der Waals surface area contributed by atoms with E-state index in [1.165, 1.54) is 6.42 Å². The van der Waals surface area contributed by atoms with Gasteiger partial charge in [0.15, 0.2) is 0 Å². The average Bonchev–Trinajstić information content (AvgIpc) is 2.46. The summed E-state index contributed by atoms with van der Waals surface area (Å²) < 4.78 is 5.44. The maximum absolute atomic E-state index is 12.4. The smallest absolute Gasteiger partial charge is 0.222 e. The number of rotatable bonds is 5. The van der Waals surface area contributed by atoms with Crippen LogP contribution in [0, 0.1) is 11.8 Å². The fourth-order valence-corrected chi connectivity index (χ4v) is 3.32. The zero-order valence-corrected chi connectivity index (χ0v) is 14.0. The van der Waals surface area contributed by atoms with Gasteiger partial charge in [-0.15, -0.1) is 0 Å². The van der Waals surface area contributed by atoms with E-state index in [1.54, 1.807) is 0 Å². The Bertz CT molecular complexity index is 506. The normalized spacial score (nSPS) is 21.7. The lowest BCUT2D eigenvalue weighted by atomic mass is 9.91. The first-order valence-electron chi connectivity index (χ1n) is 8.28. The van der Waals surface area contributed by atoms with Crippen molar-refractivity contribution >= 4 is 11.6 Å². The maximum Gasteiger partial charge on any atom is 0.222 e. The van der Waals surface area contributed by atoms with Crippen molar-refractivity contribution in [2.45, 2.75) is 40.0 Å². The molecule has 1 aliphatic heterocycles. The lowest BCUT2D eigenvalue weighted by Gasteiger charge is -2.35. The third kappa shape index (κ3) is 4.39. The molecule has 2 rings (SSSR count). The number of anilines is 1. The highest BCUT2D eigenvalue weighted by molar-refractivity contribution is 5.76. The van der Waals surface area contributed by atoms with E-state index in [4.69, 9.17) is 10.5 Å². The number of nitrogens with zero attached hydrogens (tertiary/aromatic N) is 1. The summed E-state index contributed by atoms with van der Waals surface area (Å²) in [7, 11) is 0. The Morgan fingerprint density at radius 3 is 2.59 bits per heavy atom. The average molecular weight is 304 g/mol. The summed E-state index contributed by atoms with van der Waals surface area (Å²) in [6, 6.07) is 5.81. The Balaban J connectivity index is 1.89. The molecule has 0 aliphatic carbocycles. The Labute approximate surface area is 133 Å². The van der Waals surface area contributed by atoms with Gasteiger partial charge in [0.05, 0.1) is 12.3 Å². The van der Waals surface area contributed by atoms with E-state index < -0.39 is 0 Å². The van der Waals surface area contributed by atoms with Gasteiger partial charge in [0.2, 0.25) is 5.91 Å². The number of nitrogen functional groups attached to an aromatic ring is 1. The van der Waals surface area contributed by atoms with E-state index in [2.05, 4.69) is 13.8 Å². The molecule has 4 heteroatoms. The number of aryl methyl sites for hydroxylation is 1. The molecule has 122 valence electrons. The molecule has 1 aromatic rings. The first kappa shape index (κ1) is 16.7. The van der Waals surface area contributed by atoms with Gasteiger partial charge in [-0.1, -0.05) is 19.9 Å². The predicted molar refractivity (Wildman–Crippen MR) is 89.9 cm³/mol. The first-order chi connectivity index (χ1) is 10.5. The second-order valence-corrected chi connectivity index (χ2v) is 6.55. The number of nitrogens with two attached hydrogens (primary N) is 1. The van der Waals surface area contributed by atoms with E-state index in [9.17, 15) is 4.79 Å². The molecular formula is C18H28N2O2. The molecule has 1 amide bonds. The molecule has 1 saturated heterocycles. The van der Waals surface area contributed by atoms with Crippen molar-refractivity contribution in [2.24, 2.45) is 11.8 Å². The molecule has 1 aromatic carbocycles. The van der Waals surface area contributed by atoms with Gasteiger partial charge in [0.25, 0.3) is 0 Å². The molecule has 0 saturated carbocycles. The first-order valence-corrected chi connectivity index (χ1v) is 8.28. The highest BCUT2D eigenvalue weighted by Gasteiger charge is 2.24. The van der Waals surface area contributed by atoms with Crippen LogP contribution in [0.1, 0.15) is 39.2 Å². The number of carbonyl (C=O) groups is 1. The third-order valence-corrected chi connectivity index (χ3v) is 4.22. The largest absolute Gasteiger partial charge is 0.492 e. The van der Waals surface area contributed by atoms with E-state index >= 15 is 0 Å². The second kappa shape index (κ2) is 7.52. The van der Waals surface area contributed by atoms with Crippen LogP contribution >= 0.6 is 0 Å². The summed E-state index contributed by atoms with van der Waals surface area (Å²) in [6.07, 6.45) is 2.50. The Hall–Kier alpha value is -1.71. The monoisotopic (exact) mass is 304 g/mol. The topological polar surface area (TPSA) is 55.6 Å². The van der Waals surface area contributed by atoms with Gasteiger partial charge < -0.3 is 15.4 Å². The molecule has 1 heterocycles. The number of hydrogen-bond donors (Lipinski definition) is 1. The molecule has 0 aromatic heterocycles. The Morgan fingerprint density at radius 2 is 2.00 bits per heavy atom. The predicted octanol–water partition coefficient (Wildman–Crippen LogP) is 3.10. The molecule has 1 fully saturated rings. The summed E-state index contributed by atoms with van der Waals surface area (Å²) in [4.78, 5) is 14.4. The van der Waals surface area contributed by atoms with Crippen molar-refractivity contribution in [2.75, 3.05) is 25.4 Å². The highest BCUT2D eigenvalue weighted by atomic mass is 16.5. The fourth-order valence-electron chi connectivity index (χ4n) is 3.32. The van der Waals surface area contributed by atoms with Gasteiger partial charge in [0, 0.05) is 19.5 Å². The quantitative estimate of drug-likeness (QED) is 0.850. The van der Waals surface area contributed by atoms with Gasteiger partial charge >= 0.3 is 0 Å². The van der Waals surface area contributed by atoms with Crippen LogP contribution in [0.4, 0.5) is 5.69 Å². The Kier molecular flexibility index (Phi) is 5.69. The highest BCUT2D eigenvalue weighted by Crippen LogP contribution is 2.24. The molecule has 2 N–H and O–H groups in total. The molecule has 22 heavy (non-hydrogen) atoms. The van der Waals surface area contributed by atoms with Crippen molar-refractivity contribution in [3.05, 3.63) is 23.8 Å². The van der Waals surface area contributed by atoms with E-state index in [0.717, 1.165) is 30.8 Å². The van der Waals surface area contributed by atoms with Crippen LogP contribution in [0.2, 0.25) is 0 Å². The number of amides is 1. The molecule has 2 atom stereocenters. The van der Waals surface area contributed by atoms with Crippen molar-refractivity contribution in [1.82, 2.24) is 4.90 Å². The molecule has 0 radical (unpaired) electrons. The zero-order valence-electron chi connectivity index (χ0n) is 14.0. The second-order valence-electron chi connectivity index (χ2n) is 6.55. The van der Waals surface area contributed by atoms with Crippen LogP contribution in [0.25, 0.3) is 0 Å². The molecule has 1 aliphatic rings. The molecule has 0 bridgehead atoms. The number of ether oxygens (including phenoxy) is 1. The molecular weight excluding hydrogens is 276 g/mol. The van der Waals surface area contributed by atoms with Gasteiger partial charge in [-0.3, -0.25) is 4.79 Å². The zero-order chi connectivity index (χ0) is 16.1. The van der Waals surface area contributed by atoms with Gasteiger partial charge in [-0.25, -0.2) is 0 Å². The van der Waals surface area contributed by atoms with Gasteiger partial charge in [-0.2, -0.15) is 0 Å². The van der Waals surface area contributed by atoms with Crippen LogP contribution in [0.3, 0.4) is 0 Å². The summed E-state index contributed by atoms with van der Waals surface area (Å²) in [5.41, 5.74) is 7.71. The minimum absolute atomic E-state index is 0.255. The third-order valence-electron chi connectivity index (χ3n) is 4.22. The van der Waals surface area contributed by atoms with Crippen LogP contribution in [-0.2, 0) is 11.2 Å². The van der Waals surface area contributed by atoms with Crippen LogP contribution in [0.15, 0.2) is 18.2 Å². The number of likely N-dealkylation sites (tertiary alicyclic amines) is 1. The van der Waals surface area contributed by atoms with Crippen molar-refractivity contribution in [3.63, 3.8) is 0 Å². The lowest BCUT2D eigenvalue weighted by molar-refractivity contribution is -0.133. The lowest BCUT2D eigenvalue weighted by Crippen LogP contribution is -2.42. The van der Waals surface area contributed by atoms with Crippen LogP contribution < -0.4 is 10.5 Å². The number of benzene rings is 1. The summed E-state index contributed by atoms with van der Waals surface area (Å²) in [6.45, 7) is 8.79. The van der Waals surface area contributed by atoms with Crippen molar-refractivity contribution in [3.8, 4) is 5.75 Å². The maximum atomic E-state index is 12.4. The molecule has 4 nitrogen and oxygen atoms in total. The molecule has 2 unspecified atom stereocenters. The minimum Gasteiger partial charge on any atom is -0.492 e. The minimum atomic E-state index is 0.255. The summed E-state index contributed by atoms with van der Waals surface area (Å²) in [5, 5.41) is 0. The summed E-state index contributed by atoms with van der Waals surface area (Å²) >= 11 is 0. The van der Waals surface area contributed by atoms with Crippen LogP contribution in [-0.4, -0.2) is 30.5 Å². The van der Waals surface area contributed by atoms with Crippen molar-refractivity contribution in [1.29, 1.82) is 0 Å². The van der Waals surface area contributed by atoms with Crippen molar-refractivity contribution < 1.29 is 9.53 Å². The van der Waals surface area contributed by atoms with E-state index in [1.807, 2.05) is 30.0 Å². The van der Waals surface area contributed by atoms with Gasteiger partial charge in [0.1, 0.15) is 5.75 Å². The van der Waals surface area contributed by atoms with Gasteiger partial charge in [-0.05, 0) is 49.3 Å². The SMILES string of the molecule is CCOc1ccc(CCC(=O)N2CC(C)CC(C)C2)cc1N. The Morgan fingerprint density at radius 1 is 1.32 bits per heavy atom. The van der Waals surface area contributed by atoms with Crippen LogP contribution in [0.5, 0.6) is 5.75 Å². The van der Waals surface area contributed by atoms with E-state index in [0.29, 0.717) is 30.6 Å². The number of carbonyl (C=O) groups excluding carboxylic acids is 1. The van der Waals surface area contributed by atoms with E-state index in [-0.39, 0.29) is 5.91 Å².